The van der Waals surface area contributed by atoms with E-state index in [0.717, 1.165) is 0 Å². The molecule has 0 aromatic heterocycles. The summed E-state index contributed by atoms with van der Waals surface area (Å²) in [4.78, 5) is 26.9. The van der Waals surface area contributed by atoms with E-state index in [0.29, 0.717) is 12.1 Å². The summed E-state index contributed by atoms with van der Waals surface area (Å²) in [7, 11) is 0. The van der Waals surface area contributed by atoms with E-state index in [9.17, 15) is 35.1 Å². The fourth-order valence-corrected chi connectivity index (χ4v) is 7.96. The van der Waals surface area contributed by atoms with Crippen LogP contribution in [0.2, 0.25) is 0 Å². The molecule has 2 saturated carbocycles. The van der Waals surface area contributed by atoms with Crippen LogP contribution < -0.4 is 5.32 Å². The van der Waals surface area contributed by atoms with Crippen LogP contribution in [-0.4, -0.2) is 98.2 Å². The molecule has 0 aromatic carbocycles. The van der Waals surface area contributed by atoms with Crippen LogP contribution in [0.1, 0.15) is 61.3 Å². The molecule has 4 aliphatic rings. The van der Waals surface area contributed by atoms with Crippen molar-refractivity contribution in [1.29, 1.82) is 0 Å². The molecule has 10 nitrogen and oxygen atoms in total. The molecule has 4 rings (SSSR count). The maximum Gasteiger partial charge on any atom is 0.337 e. The molecular weight excluding hydrogens is 936 g/mol. The summed E-state index contributed by atoms with van der Waals surface area (Å²) in [5.74, 6) is -3.24. The standard InChI is InChI=1S/C27H43NO9.2Ac/c1-8-28-14(4)19(30)23(33)37-15-10-27(35)13(3)21-25(7,16(29)9-17-26(21,34)11-36-17)22(32)20(31)18(12(15)2)24(27,5)6;;/h13-17,19-21,28-31,34-35H,8-11H2,1-7H3;;/t13-,14-,15-,16-,17+,19+,20+,21-,25+,26-,27+;;/m0../s1. The summed E-state index contributed by atoms with van der Waals surface area (Å²) in [6, 6.07) is -0.570. The Kier molecular flexibility index (Phi) is 11.7. The molecule has 1 aliphatic heterocycles. The summed E-state index contributed by atoms with van der Waals surface area (Å²) >= 11 is 0. The molecule has 1 saturated heterocycles. The first-order valence-corrected chi connectivity index (χ1v) is 13.3. The van der Waals surface area contributed by atoms with Gasteiger partial charge in [-0.25, -0.2) is 4.79 Å². The average Bonchev–Trinajstić information content (AvgIpc) is 2.82. The van der Waals surface area contributed by atoms with E-state index in [1.807, 2.05) is 6.92 Å². The van der Waals surface area contributed by atoms with Crippen LogP contribution >= 0.6 is 0 Å². The maximum absolute atomic E-state index is 14.0. The van der Waals surface area contributed by atoms with E-state index in [4.69, 9.17) is 9.47 Å². The predicted molar refractivity (Wildman–Crippen MR) is 132 cm³/mol. The minimum absolute atomic E-state index is 0. The van der Waals surface area contributed by atoms with Gasteiger partial charge in [0.1, 0.15) is 17.8 Å². The van der Waals surface area contributed by atoms with Crippen molar-refractivity contribution in [1.82, 2.24) is 5.32 Å². The summed E-state index contributed by atoms with van der Waals surface area (Å²) in [5.41, 5.74) is -5.18. The van der Waals surface area contributed by atoms with Gasteiger partial charge in [-0.3, -0.25) is 4.79 Å². The maximum atomic E-state index is 14.0. The molecule has 39 heavy (non-hydrogen) atoms. The number of fused-ring (bicyclic) bond motifs is 5. The van der Waals surface area contributed by atoms with Crippen LogP contribution in [0, 0.1) is 111 Å². The fraction of sp³-hybridized carbons (Fsp3) is 0.852. The van der Waals surface area contributed by atoms with Crippen LogP contribution in [0.15, 0.2) is 11.1 Å². The molecule has 3 fully saturated rings. The molecule has 2 bridgehead atoms. The topological polar surface area (TPSA) is 166 Å². The second-order valence-corrected chi connectivity index (χ2v) is 12.4. The Hall–Kier alpha value is 1.48. The number of Topliss-reactive ketones (excluding diaryl/α,β-unsaturated/α-hetero) is 1. The van der Waals surface area contributed by atoms with Gasteiger partial charge >= 0.3 is 5.97 Å². The van der Waals surface area contributed by atoms with Crippen molar-refractivity contribution in [3.63, 3.8) is 0 Å². The average molecular weight is 980 g/mol. The third kappa shape index (κ3) is 5.28. The Balaban J connectivity index is 0.00000267. The van der Waals surface area contributed by atoms with E-state index < -0.39 is 82.2 Å². The Morgan fingerprint density at radius 1 is 1.21 bits per heavy atom. The molecule has 0 aromatic rings. The minimum Gasteiger partial charge on any atom is -0.456 e. The van der Waals surface area contributed by atoms with E-state index in [1.54, 1.807) is 41.5 Å². The minimum atomic E-state index is -1.70. The quantitative estimate of drug-likeness (QED) is 0.161. The molecule has 12 heteroatoms. The number of esters is 1. The Bertz CT molecular complexity index is 1010. The van der Waals surface area contributed by atoms with Gasteiger partial charge in [-0.1, -0.05) is 27.7 Å². The molecule has 0 unspecified atom stereocenters. The second-order valence-electron chi connectivity index (χ2n) is 12.4. The first-order valence-electron chi connectivity index (χ1n) is 13.3. The van der Waals surface area contributed by atoms with Crippen LogP contribution in [0.3, 0.4) is 0 Å². The normalized spacial score (nSPS) is 44.2. The number of carbonyl (C=O) groups excluding carboxylic acids is 2. The monoisotopic (exact) mass is 979 g/mol. The molecule has 0 spiro atoms. The Labute approximate surface area is 302 Å². The first-order chi connectivity index (χ1) is 17.0. The number of hydrogen-bond acceptors (Lipinski definition) is 10. The van der Waals surface area contributed by atoms with Crippen LogP contribution in [-0.2, 0) is 19.1 Å². The van der Waals surface area contributed by atoms with Gasteiger partial charge in [-0.2, -0.15) is 0 Å². The Morgan fingerprint density at radius 3 is 2.31 bits per heavy atom. The first kappa shape index (κ1) is 36.7. The zero-order valence-electron chi connectivity index (χ0n) is 24.0. The van der Waals surface area contributed by atoms with E-state index in [1.165, 1.54) is 0 Å². The van der Waals surface area contributed by atoms with E-state index in [2.05, 4.69) is 5.32 Å². The van der Waals surface area contributed by atoms with Crippen LogP contribution in [0.25, 0.3) is 0 Å². The molecule has 3 aliphatic carbocycles. The number of hydrogen-bond donors (Lipinski definition) is 6. The van der Waals surface area contributed by atoms with Gasteiger partial charge in [0.05, 0.1) is 29.8 Å². The van der Waals surface area contributed by atoms with Crippen LogP contribution in [0.5, 0.6) is 0 Å². The number of carbonyl (C=O) groups is 2. The Morgan fingerprint density at radius 2 is 1.79 bits per heavy atom. The number of aliphatic hydroxyl groups is 5. The van der Waals surface area contributed by atoms with E-state index >= 15 is 0 Å². The summed E-state index contributed by atoms with van der Waals surface area (Å²) in [5, 5.41) is 60.4. The largest absolute Gasteiger partial charge is 0.456 e. The van der Waals surface area contributed by atoms with Gasteiger partial charge in [0.25, 0.3) is 0 Å². The number of likely N-dealkylation sites (N-methyl/N-ethyl adjacent to an activating group) is 1. The van der Waals surface area contributed by atoms with Crippen molar-refractivity contribution in [2.75, 3.05) is 13.2 Å². The molecule has 216 valence electrons. The van der Waals surface area contributed by atoms with Crippen molar-refractivity contribution >= 4 is 11.8 Å². The summed E-state index contributed by atoms with van der Waals surface area (Å²) < 4.78 is 11.3. The smallest absolute Gasteiger partial charge is 0.337 e. The zero-order chi connectivity index (χ0) is 27.9. The molecule has 2 radical (unpaired) electrons. The molecule has 11 atom stereocenters. The number of nitrogens with one attached hydrogen (secondary N) is 1. The second kappa shape index (κ2) is 12.5. The third-order valence-corrected chi connectivity index (χ3v) is 10.4. The fourth-order valence-electron chi connectivity index (χ4n) is 7.96. The van der Waals surface area contributed by atoms with Crippen molar-refractivity contribution in [2.45, 2.75) is 109 Å². The number of aliphatic hydroxyl groups excluding tert-OH is 3. The molecule has 0 amide bonds. The van der Waals surface area contributed by atoms with Crippen molar-refractivity contribution in [3.05, 3.63) is 11.1 Å². The summed E-state index contributed by atoms with van der Waals surface area (Å²) in [6.07, 6.45) is -6.11. The number of ether oxygens (including phenoxy) is 2. The van der Waals surface area contributed by atoms with Gasteiger partial charge in [-0.05, 0) is 44.4 Å². The van der Waals surface area contributed by atoms with Gasteiger partial charge in [-0.15, -0.1) is 0 Å². The van der Waals surface area contributed by atoms with Crippen molar-refractivity contribution < 1.29 is 133 Å². The third-order valence-electron chi connectivity index (χ3n) is 10.4. The van der Waals surface area contributed by atoms with Crippen molar-refractivity contribution in [2.24, 2.45) is 22.7 Å². The molecule has 1 heterocycles. The number of ketones is 1. The van der Waals surface area contributed by atoms with Crippen LogP contribution in [0.4, 0.5) is 0 Å². The van der Waals surface area contributed by atoms with Gasteiger partial charge in [0.15, 0.2) is 11.9 Å². The van der Waals surface area contributed by atoms with Crippen molar-refractivity contribution in [3.8, 4) is 0 Å². The number of rotatable bonds is 5. The molecule has 6 N–H and O–H groups in total. The summed E-state index contributed by atoms with van der Waals surface area (Å²) in [6.45, 7) is 12.4. The SMILES string of the molecule is CCN[C@@H](C)[C@@H](O)C(=O)O[C@H]1C[C@@]2(O)[C@@H](C)[C@@H]3[C@]4(O)CO[C@@H]4C[C@H](O)[C@@]3(C)C(=O)[C@H](O)C(=C1C)C2(C)C.[Ac].[Ac]. The zero-order valence-corrected chi connectivity index (χ0v) is 33.5. The van der Waals surface area contributed by atoms with E-state index in [-0.39, 0.29) is 113 Å². The molecular formula is C27H43Ac2NO9. The van der Waals surface area contributed by atoms with Gasteiger partial charge < -0.3 is 40.3 Å². The van der Waals surface area contributed by atoms with Gasteiger partial charge in [0, 0.05) is 118 Å². The predicted octanol–water partition coefficient (Wildman–Crippen LogP) is -0.169. The van der Waals surface area contributed by atoms with Gasteiger partial charge in [0.2, 0.25) is 0 Å².